The first kappa shape index (κ1) is 21.7. The molecule has 0 bridgehead atoms. The quantitative estimate of drug-likeness (QED) is 0.308. The van der Waals surface area contributed by atoms with Gasteiger partial charge in [0, 0.05) is 30.3 Å². The maximum absolute atomic E-state index is 13.1. The third kappa shape index (κ3) is 4.29. The minimum Gasteiger partial charge on any atom is -0.398 e. The van der Waals surface area contributed by atoms with Crippen molar-refractivity contribution < 1.29 is 9.18 Å². The van der Waals surface area contributed by atoms with E-state index in [-0.39, 0.29) is 35.3 Å². The monoisotopic (exact) mass is 536 g/mol. The number of ketones is 1. The first-order valence-electron chi connectivity index (χ1n) is 10.1. The van der Waals surface area contributed by atoms with Crippen molar-refractivity contribution in [2.45, 2.75) is 19.4 Å². The molecule has 1 aliphatic heterocycles. The first-order valence-corrected chi connectivity index (χ1v) is 11.1. The lowest BCUT2D eigenvalue weighted by Crippen LogP contribution is -2.43. The summed E-state index contributed by atoms with van der Waals surface area (Å²) in [6.07, 6.45) is 1.37. The van der Waals surface area contributed by atoms with Gasteiger partial charge in [0.25, 0.3) is 5.56 Å². The van der Waals surface area contributed by atoms with Crippen LogP contribution >= 0.6 is 22.9 Å². The highest BCUT2D eigenvalue weighted by Gasteiger charge is 2.26. The summed E-state index contributed by atoms with van der Waals surface area (Å²) < 4.78 is 15.7. The number of piperidine rings is 1. The maximum Gasteiger partial charge on any atom is 0.340 e. The van der Waals surface area contributed by atoms with Crippen LogP contribution in [0.15, 0.2) is 52.1 Å². The second-order valence-corrected chi connectivity index (χ2v) is 8.71. The average Bonchev–Trinajstić information content (AvgIpc) is 2.78. The number of Topliss-reactive ketones (excluding diaryl/α,β-unsaturated/α-hetero) is 1. The molecule has 0 atom stereocenters. The van der Waals surface area contributed by atoms with Gasteiger partial charge in [0.2, 0.25) is 0 Å². The molecule has 2 heterocycles. The number of benzene rings is 2. The van der Waals surface area contributed by atoms with E-state index in [1.54, 1.807) is 18.2 Å². The highest BCUT2D eigenvalue weighted by Crippen LogP contribution is 2.22. The molecule has 1 saturated heterocycles. The van der Waals surface area contributed by atoms with Gasteiger partial charge in [-0.1, -0.05) is 6.07 Å². The van der Waals surface area contributed by atoms with E-state index in [9.17, 15) is 18.8 Å². The van der Waals surface area contributed by atoms with E-state index in [1.807, 2.05) is 22.9 Å². The van der Waals surface area contributed by atoms with Crippen molar-refractivity contribution >= 4 is 45.2 Å². The van der Waals surface area contributed by atoms with Crippen LogP contribution in [0.2, 0.25) is 0 Å². The fourth-order valence-electron chi connectivity index (χ4n) is 4.09. The van der Waals surface area contributed by atoms with Crippen LogP contribution in [-0.2, 0) is 6.54 Å². The summed E-state index contributed by atoms with van der Waals surface area (Å²) in [5.74, 6) is -0.423. The summed E-state index contributed by atoms with van der Waals surface area (Å²) in [5.41, 5.74) is 6.61. The number of halogens is 2. The zero-order valence-electron chi connectivity index (χ0n) is 16.8. The highest BCUT2D eigenvalue weighted by atomic mass is 127. The second kappa shape index (κ2) is 8.91. The minimum absolute atomic E-state index is 0.0358. The third-order valence-corrected chi connectivity index (χ3v) is 6.80. The molecule has 0 spiro atoms. The van der Waals surface area contributed by atoms with Gasteiger partial charge in [0.05, 0.1) is 33.8 Å². The van der Waals surface area contributed by atoms with E-state index in [4.69, 9.17) is 5.73 Å². The van der Waals surface area contributed by atoms with E-state index in [0.717, 1.165) is 0 Å². The number of fused-ring (bicyclic) bond motifs is 1. The predicted molar refractivity (Wildman–Crippen MR) is 126 cm³/mol. The Bertz CT molecular complexity index is 1240. The highest BCUT2D eigenvalue weighted by molar-refractivity contribution is 14.1. The number of nitrogens with zero attached hydrogens (tertiary/aromatic N) is 3. The summed E-state index contributed by atoms with van der Waals surface area (Å²) in [6, 6.07) is 10.7. The van der Waals surface area contributed by atoms with Crippen molar-refractivity contribution in [1.29, 1.82) is 0 Å². The summed E-state index contributed by atoms with van der Waals surface area (Å²) >= 11 is 1.89. The molecule has 4 rings (SSSR count). The zero-order chi connectivity index (χ0) is 22.1. The minimum atomic E-state index is -0.384. The Balaban J connectivity index is 1.43. The van der Waals surface area contributed by atoms with Crippen molar-refractivity contribution in [1.82, 2.24) is 12.2 Å². The fraction of sp³-hybridized carbons (Fsp3) is 0.318. The van der Waals surface area contributed by atoms with Gasteiger partial charge in [-0.15, -0.1) is 0 Å². The lowest BCUT2D eigenvalue weighted by Gasteiger charge is -2.31. The van der Waals surface area contributed by atoms with Gasteiger partial charge in [-0.3, -0.25) is 14.2 Å². The molecule has 1 aliphatic rings. The molecule has 0 unspecified atom stereocenters. The van der Waals surface area contributed by atoms with Crippen molar-refractivity contribution in [2.75, 3.05) is 25.4 Å². The number of anilines is 1. The number of hydrogen-bond donors (Lipinski definition) is 1. The Hall–Kier alpha value is -2.53. The van der Waals surface area contributed by atoms with Crippen LogP contribution in [0.5, 0.6) is 0 Å². The van der Waals surface area contributed by atoms with Crippen LogP contribution in [-0.4, -0.2) is 37.7 Å². The number of carbonyl (C=O) groups is 1. The average molecular weight is 536 g/mol. The fourth-order valence-corrected chi connectivity index (χ4v) is 4.75. The molecule has 7 nitrogen and oxygen atoms in total. The molecular formula is C22H22FIN4O3. The summed E-state index contributed by atoms with van der Waals surface area (Å²) in [7, 11) is 0. The summed E-state index contributed by atoms with van der Waals surface area (Å²) in [5, 5.41) is 0.347. The molecule has 0 amide bonds. The summed E-state index contributed by atoms with van der Waals surface area (Å²) in [6.45, 7) is 2.17. The van der Waals surface area contributed by atoms with E-state index < -0.39 is 0 Å². The van der Waals surface area contributed by atoms with Gasteiger partial charge in [-0.2, -0.15) is 0 Å². The number of nitrogen functional groups attached to an aromatic ring is 1. The molecule has 3 aromatic rings. The molecule has 1 aromatic heterocycles. The van der Waals surface area contributed by atoms with E-state index in [0.29, 0.717) is 54.6 Å². The van der Waals surface area contributed by atoms with Gasteiger partial charge in [-0.25, -0.2) is 12.0 Å². The molecule has 0 radical (unpaired) electrons. The third-order valence-electron chi connectivity index (χ3n) is 5.87. The van der Waals surface area contributed by atoms with Crippen LogP contribution in [0.25, 0.3) is 10.9 Å². The van der Waals surface area contributed by atoms with Gasteiger partial charge < -0.3 is 10.6 Å². The maximum atomic E-state index is 13.1. The van der Waals surface area contributed by atoms with Crippen molar-refractivity contribution in [2.24, 2.45) is 5.92 Å². The van der Waals surface area contributed by atoms with Crippen LogP contribution < -0.4 is 17.0 Å². The lowest BCUT2D eigenvalue weighted by atomic mass is 9.89. The first-order chi connectivity index (χ1) is 14.9. The Kier molecular flexibility index (Phi) is 6.24. The van der Waals surface area contributed by atoms with Crippen LogP contribution in [0.1, 0.15) is 23.2 Å². The van der Waals surface area contributed by atoms with Crippen molar-refractivity contribution in [3.8, 4) is 0 Å². The molecule has 31 heavy (non-hydrogen) atoms. The Morgan fingerprint density at radius 2 is 1.74 bits per heavy atom. The molecule has 2 N–H and O–H groups in total. The van der Waals surface area contributed by atoms with Gasteiger partial charge >= 0.3 is 5.69 Å². The van der Waals surface area contributed by atoms with E-state index in [1.165, 1.54) is 31.6 Å². The number of hydrogen-bond acceptors (Lipinski definition) is 5. The molecule has 9 heteroatoms. The predicted octanol–water partition coefficient (Wildman–Crippen LogP) is 2.68. The SMILES string of the molecule is Nc1cccc2c1c(=O)n(CCN1CCC(C(=O)c3ccc(F)cc3)CC1)c(=O)n2I. The molecule has 2 aromatic carbocycles. The summed E-state index contributed by atoms with van der Waals surface area (Å²) in [4.78, 5) is 40.4. The van der Waals surface area contributed by atoms with Crippen LogP contribution in [0.3, 0.4) is 0 Å². The lowest BCUT2D eigenvalue weighted by molar-refractivity contribution is 0.0837. The number of carbonyl (C=O) groups excluding carboxylic acids is 1. The van der Waals surface area contributed by atoms with Crippen molar-refractivity contribution in [3.63, 3.8) is 0 Å². The molecule has 1 fully saturated rings. The van der Waals surface area contributed by atoms with Gasteiger partial charge in [0.15, 0.2) is 5.78 Å². The Morgan fingerprint density at radius 3 is 2.42 bits per heavy atom. The zero-order valence-corrected chi connectivity index (χ0v) is 18.9. The van der Waals surface area contributed by atoms with E-state index >= 15 is 0 Å². The number of likely N-dealkylation sites (tertiary alicyclic amines) is 1. The van der Waals surface area contributed by atoms with Crippen LogP contribution in [0, 0.1) is 11.7 Å². The number of aromatic nitrogens is 2. The normalized spacial score (nSPS) is 15.4. The molecule has 162 valence electrons. The smallest absolute Gasteiger partial charge is 0.340 e. The van der Waals surface area contributed by atoms with Gasteiger partial charge in [0.1, 0.15) is 5.82 Å². The molecule has 0 saturated carbocycles. The van der Waals surface area contributed by atoms with Crippen molar-refractivity contribution in [3.05, 3.63) is 74.7 Å². The van der Waals surface area contributed by atoms with Crippen LogP contribution in [0.4, 0.5) is 10.1 Å². The van der Waals surface area contributed by atoms with Gasteiger partial charge in [-0.05, 0) is 62.3 Å². The number of rotatable bonds is 5. The Labute approximate surface area is 191 Å². The molecular weight excluding hydrogens is 514 g/mol. The van der Waals surface area contributed by atoms with E-state index in [2.05, 4.69) is 4.90 Å². The Morgan fingerprint density at radius 1 is 1.06 bits per heavy atom. The number of nitrogens with two attached hydrogens (primary N) is 1. The second-order valence-electron chi connectivity index (χ2n) is 7.75. The molecule has 0 aliphatic carbocycles. The standard InChI is InChI=1S/C22H22FIN4O3/c23-16-6-4-14(5-7-16)20(29)15-8-10-26(11-9-15)12-13-27-21(30)19-17(25)2-1-3-18(19)28(24)22(27)31/h1-7,15H,8-13,25H2. The largest absolute Gasteiger partial charge is 0.398 e. The topological polar surface area (TPSA) is 90.3 Å².